The molecule has 0 heterocycles. The summed E-state index contributed by atoms with van der Waals surface area (Å²) in [6.07, 6.45) is 0. The number of benzene rings is 1. The zero-order valence-electron chi connectivity index (χ0n) is 11.6. The Balaban J connectivity index is 2.75. The predicted octanol–water partition coefficient (Wildman–Crippen LogP) is 1.37. The molecule has 5 heteroatoms. The number of nitrogens with one attached hydrogen (secondary N) is 3. The number of rotatable bonds is 6. The average Bonchev–Trinajstić information content (AvgIpc) is 2.39. The molecule has 0 aliphatic carbocycles. The lowest BCUT2D eigenvalue weighted by atomic mass is 10.1. The van der Waals surface area contributed by atoms with Gasteiger partial charge in [0, 0.05) is 18.8 Å². The topological polar surface area (TPSA) is 70.2 Å². The van der Waals surface area contributed by atoms with Crippen molar-refractivity contribution in [1.29, 1.82) is 0 Å². The Kier molecular flexibility index (Phi) is 5.85. The van der Waals surface area contributed by atoms with Crippen LogP contribution in [0.3, 0.4) is 0 Å². The molecule has 19 heavy (non-hydrogen) atoms. The molecule has 1 aromatic rings. The molecule has 0 radical (unpaired) electrons. The molecular formula is C14H21N3O2. The number of carbonyl (C=O) groups excluding carboxylic acids is 2. The molecule has 0 fully saturated rings. The van der Waals surface area contributed by atoms with E-state index in [1.165, 1.54) is 0 Å². The summed E-state index contributed by atoms with van der Waals surface area (Å²) in [4.78, 5) is 23.7. The average molecular weight is 263 g/mol. The van der Waals surface area contributed by atoms with Crippen molar-refractivity contribution in [1.82, 2.24) is 10.6 Å². The van der Waals surface area contributed by atoms with E-state index in [-0.39, 0.29) is 11.8 Å². The van der Waals surface area contributed by atoms with Gasteiger partial charge in [-0.1, -0.05) is 12.1 Å². The summed E-state index contributed by atoms with van der Waals surface area (Å²) >= 11 is 0. The first-order chi connectivity index (χ1) is 9.10. The van der Waals surface area contributed by atoms with Gasteiger partial charge >= 0.3 is 0 Å². The Labute approximate surface area is 113 Å². The Morgan fingerprint density at radius 3 is 2.47 bits per heavy atom. The van der Waals surface area contributed by atoms with Crippen molar-refractivity contribution in [3.63, 3.8) is 0 Å². The maximum Gasteiger partial charge on any atom is 0.254 e. The molecule has 1 unspecified atom stereocenters. The highest BCUT2D eigenvalue weighted by molar-refractivity contribution is 6.01. The molecule has 104 valence electrons. The van der Waals surface area contributed by atoms with Crippen molar-refractivity contribution in [2.75, 3.05) is 18.4 Å². The van der Waals surface area contributed by atoms with Gasteiger partial charge < -0.3 is 16.0 Å². The first-order valence-electron chi connectivity index (χ1n) is 6.51. The monoisotopic (exact) mass is 263 g/mol. The largest absolute Gasteiger partial charge is 0.385 e. The maximum atomic E-state index is 12.1. The van der Waals surface area contributed by atoms with Crippen LogP contribution in [0.2, 0.25) is 0 Å². The van der Waals surface area contributed by atoms with E-state index < -0.39 is 6.04 Å². The van der Waals surface area contributed by atoms with Crippen LogP contribution in [0.15, 0.2) is 24.3 Å². The van der Waals surface area contributed by atoms with Gasteiger partial charge in [0.25, 0.3) is 5.91 Å². The van der Waals surface area contributed by atoms with Crippen molar-refractivity contribution >= 4 is 17.5 Å². The van der Waals surface area contributed by atoms with E-state index in [1.807, 2.05) is 26.0 Å². The van der Waals surface area contributed by atoms with Crippen LogP contribution in [0, 0.1) is 0 Å². The molecule has 2 amide bonds. The van der Waals surface area contributed by atoms with E-state index in [9.17, 15) is 9.59 Å². The van der Waals surface area contributed by atoms with Gasteiger partial charge in [-0.2, -0.15) is 0 Å². The lowest BCUT2D eigenvalue weighted by molar-refractivity contribution is -0.122. The molecule has 5 nitrogen and oxygen atoms in total. The molecule has 1 atom stereocenters. The van der Waals surface area contributed by atoms with Gasteiger partial charge in [-0.25, -0.2) is 0 Å². The second-order valence-electron chi connectivity index (χ2n) is 4.17. The summed E-state index contributed by atoms with van der Waals surface area (Å²) in [5.41, 5.74) is 1.31. The molecule has 0 bridgehead atoms. The second-order valence-corrected chi connectivity index (χ2v) is 4.17. The highest BCUT2D eigenvalue weighted by atomic mass is 16.2. The molecule has 0 saturated heterocycles. The molecule has 0 aliphatic rings. The Morgan fingerprint density at radius 1 is 1.16 bits per heavy atom. The minimum Gasteiger partial charge on any atom is -0.385 e. The van der Waals surface area contributed by atoms with Crippen LogP contribution in [0.1, 0.15) is 31.1 Å². The van der Waals surface area contributed by atoms with Gasteiger partial charge in [-0.3, -0.25) is 9.59 Å². The quantitative estimate of drug-likeness (QED) is 0.726. The fourth-order valence-electron chi connectivity index (χ4n) is 1.69. The Bertz CT molecular complexity index is 446. The van der Waals surface area contributed by atoms with E-state index in [4.69, 9.17) is 0 Å². The number of hydrogen-bond acceptors (Lipinski definition) is 3. The van der Waals surface area contributed by atoms with E-state index in [0.29, 0.717) is 12.1 Å². The van der Waals surface area contributed by atoms with E-state index in [2.05, 4.69) is 16.0 Å². The minimum atomic E-state index is -0.554. The minimum absolute atomic E-state index is 0.184. The van der Waals surface area contributed by atoms with Crippen LogP contribution in [0.25, 0.3) is 0 Å². The van der Waals surface area contributed by atoms with Crippen LogP contribution in [0.4, 0.5) is 5.69 Å². The molecule has 0 spiro atoms. The van der Waals surface area contributed by atoms with Gasteiger partial charge in [-0.15, -0.1) is 0 Å². The standard InChI is InChI=1S/C14H21N3O2/c1-4-15-12-9-7-6-8-11(12)14(19)17-10(3)13(18)16-5-2/h6-10,15H,4-5H2,1-3H3,(H,16,18)(H,17,19). The SMILES string of the molecule is CCNC(=O)C(C)NC(=O)c1ccccc1NCC. The van der Waals surface area contributed by atoms with Crippen LogP contribution >= 0.6 is 0 Å². The number of anilines is 1. The fourth-order valence-corrected chi connectivity index (χ4v) is 1.69. The molecule has 0 aromatic heterocycles. The molecule has 1 rings (SSSR count). The Hall–Kier alpha value is -2.04. The number of hydrogen-bond donors (Lipinski definition) is 3. The highest BCUT2D eigenvalue weighted by Crippen LogP contribution is 2.14. The predicted molar refractivity (Wildman–Crippen MR) is 76.2 cm³/mol. The lowest BCUT2D eigenvalue weighted by Crippen LogP contribution is -2.44. The van der Waals surface area contributed by atoms with E-state index in [1.54, 1.807) is 19.1 Å². The normalized spacial score (nSPS) is 11.5. The van der Waals surface area contributed by atoms with Crippen LogP contribution in [-0.2, 0) is 4.79 Å². The first kappa shape index (κ1) is 15.0. The van der Waals surface area contributed by atoms with E-state index in [0.717, 1.165) is 12.2 Å². The number of amides is 2. The van der Waals surface area contributed by atoms with Crippen molar-refractivity contribution in [3.8, 4) is 0 Å². The molecule has 0 aliphatic heterocycles. The van der Waals surface area contributed by atoms with Crippen LogP contribution < -0.4 is 16.0 Å². The molecule has 3 N–H and O–H groups in total. The Morgan fingerprint density at radius 2 is 1.84 bits per heavy atom. The van der Waals surface area contributed by atoms with Gasteiger partial charge in [0.15, 0.2) is 0 Å². The summed E-state index contributed by atoms with van der Waals surface area (Å²) in [7, 11) is 0. The summed E-state index contributed by atoms with van der Waals surface area (Å²) in [5, 5.41) is 8.48. The number of para-hydroxylation sites is 1. The fraction of sp³-hybridized carbons (Fsp3) is 0.429. The summed E-state index contributed by atoms with van der Waals surface area (Å²) in [6.45, 7) is 6.75. The third-order valence-electron chi connectivity index (χ3n) is 2.63. The van der Waals surface area contributed by atoms with Crippen molar-refractivity contribution < 1.29 is 9.59 Å². The molecule has 0 saturated carbocycles. The van der Waals surface area contributed by atoms with Gasteiger partial charge in [-0.05, 0) is 32.9 Å². The van der Waals surface area contributed by atoms with Crippen LogP contribution in [0.5, 0.6) is 0 Å². The highest BCUT2D eigenvalue weighted by Gasteiger charge is 2.17. The third kappa shape index (κ3) is 4.28. The zero-order chi connectivity index (χ0) is 14.3. The van der Waals surface area contributed by atoms with Crippen LogP contribution in [-0.4, -0.2) is 30.9 Å². The zero-order valence-corrected chi connectivity index (χ0v) is 11.6. The first-order valence-corrected chi connectivity index (χ1v) is 6.51. The summed E-state index contributed by atoms with van der Waals surface area (Å²) in [6, 6.07) is 6.68. The van der Waals surface area contributed by atoms with Gasteiger partial charge in [0.05, 0.1) is 5.56 Å². The third-order valence-corrected chi connectivity index (χ3v) is 2.63. The van der Waals surface area contributed by atoms with Crippen molar-refractivity contribution in [2.24, 2.45) is 0 Å². The summed E-state index contributed by atoms with van der Waals surface area (Å²) in [5.74, 6) is -0.438. The molecule has 1 aromatic carbocycles. The lowest BCUT2D eigenvalue weighted by Gasteiger charge is -2.15. The van der Waals surface area contributed by atoms with Crippen molar-refractivity contribution in [2.45, 2.75) is 26.8 Å². The van der Waals surface area contributed by atoms with E-state index >= 15 is 0 Å². The second kappa shape index (κ2) is 7.41. The van der Waals surface area contributed by atoms with Gasteiger partial charge in [0.2, 0.25) is 5.91 Å². The molecular weight excluding hydrogens is 242 g/mol. The van der Waals surface area contributed by atoms with Gasteiger partial charge in [0.1, 0.15) is 6.04 Å². The maximum absolute atomic E-state index is 12.1. The number of carbonyl (C=O) groups is 2. The summed E-state index contributed by atoms with van der Waals surface area (Å²) < 4.78 is 0. The smallest absolute Gasteiger partial charge is 0.254 e. The number of likely N-dealkylation sites (N-methyl/N-ethyl adjacent to an activating group) is 1. The van der Waals surface area contributed by atoms with Crippen molar-refractivity contribution in [3.05, 3.63) is 29.8 Å².